The van der Waals surface area contributed by atoms with Crippen molar-refractivity contribution in [3.8, 4) is 0 Å². The van der Waals surface area contributed by atoms with E-state index in [1.807, 2.05) is 0 Å². The van der Waals surface area contributed by atoms with Gasteiger partial charge in [-0.2, -0.15) is 23.4 Å². The minimum absolute atomic E-state index is 0.0561. The van der Waals surface area contributed by atoms with E-state index < -0.39 is 57.0 Å². The molecule has 8 N–H and O–H groups in total. The molecule has 0 bridgehead atoms. The molecule has 2 aliphatic rings. The molecule has 17 nitrogen and oxygen atoms in total. The van der Waals surface area contributed by atoms with Crippen LogP contribution in [-0.4, -0.2) is 84.1 Å². The summed E-state index contributed by atoms with van der Waals surface area (Å²) < 4.78 is 33.1. The first kappa shape index (κ1) is 26.3. The molecule has 0 radical (unpaired) electrons. The van der Waals surface area contributed by atoms with Gasteiger partial charge in [0.15, 0.2) is 5.71 Å². The Morgan fingerprint density at radius 2 is 2.11 bits per heavy atom. The molecule has 0 saturated carbocycles. The molecule has 1 fully saturated rings. The van der Waals surface area contributed by atoms with E-state index in [1.165, 1.54) is 25.5 Å². The first-order valence-electron chi connectivity index (χ1n) is 9.83. The van der Waals surface area contributed by atoms with Crippen LogP contribution in [0.1, 0.15) is 19.5 Å². The van der Waals surface area contributed by atoms with Crippen molar-refractivity contribution in [1.82, 2.24) is 29.9 Å². The molecule has 0 aromatic carbocycles. The summed E-state index contributed by atoms with van der Waals surface area (Å²) in [7, 11) is -4.96. The molecule has 0 spiro atoms. The van der Waals surface area contributed by atoms with Crippen LogP contribution in [-0.2, 0) is 42.6 Å². The number of aromatic nitrogens is 3. The summed E-state index contributed by atoms with van der Waals surface area (Å²) in [5.74, 6) is -3.49. The molecule has 35 heavy (non-hydrogen) atoms. The predicted molar refractivity (Wildman–Crippen MR) is 119 cm³/mol. The van der Waals surface area contributed by atoms with Crippen LogP contribution >= 0.6 is 11.8 Å². The smallest absolute Gasteiger partial charge is 0.362 e. The zero-order chi connectivity index (χ0) is 26.1. The largest absolute Gasteiger partial charge is 0.478 e. The molecule has 2 aliphatic heterocycles. The number of nitrogens with one attached hydrogen (secondary N) is 2. The maximum Gasteiger partial charge on any atom is 0.362 e. The third-order valence-electron chi connectivity index (χ3n) is 4.83. The number of carbonyl (C=O) groups excluding carboxylic acids is 2. The third-order valence-corrected chi connectivity index (χ3v) is 6.56. The molecule has 3 unspecified atom stereocenters. The van der Waals surface area contributed by atoms with Crippen LogP contribution in [0.2, 0.25) is 0 Å². The monoisotopic (exact) mass is 533 g/mol. The number of carboxylic acids is 1. The topological polar surface area (TPSA) is 257 Å². The van der Waals surface area contributed by atoms with Gasteiger partial charge in [-0.25, -0.2) is 9.10 Å². The van der Waals surface area contributed by atoms with Crippen molar-refractivity contribution in [1.29, 1.82) is 0 Å². The number of carboxylic acid groups (broad SMARTS) is 1. The van der Waals surface area contributed by atoms with Gasteiger partial charge in [0.2, 0.25) is 5.60 Å². The van der Waals surface area contributed by atoms with Gasteiger partial charge >= 0.3 is 16.3 Å². The number of nitrogens with zero attached hydrogens (tertiary/aromatic N) is 5. The van der Waals surface area contributed by atoms with E-state index in [1.54, 1.807) is 0 Å². The van der Waals surface area contributed by atoms with Crippen LogP contribution in [0.5, 0.6) is 0 Å². The molecule has 1 saturated heterocycles. The van der Waals surface area contributed by atoms with Gasteiger partial charge in [-0.15, -0.1) is 0 Å². The number of thioether (sulfide) groups is 1. The number of amides is 2. The van der Waals surface area contributed by atoms with Gasteiger partial charge < -0.3 is 32.0 Å². The predicted octanol–water partition coefficient (Wildman–Crippen LogP) is -3.11. The molecular weight excluding hydrogens is 510 g/mol. The number of β-lactam (4-membered cyclic amide) rings is 1. The molecule has 1 aromatic heterocycles. The van der Waals surface area contributed by atoms with Crippen molar-refractivity contribution in [2.75, 3.05) is 0 Å². The van der Waals surface area contributed by atoms with Crippen molar-refractivity contribution < 1.29 is 37.3 Å². The van der Waals surface area contributed by atoms with E-state index in [2.05, 4.69) is 26.0 Å². The third kappa shape index (κ3) is 5.70. The average Bonchev–Trinajstić information content (AvgIpc) is 3.39. The van der Waals surface area contributed by atoms with Crippen molar-refractivity contribution in [2.45, 2.75) is 50.1 Å². The Bertz CT molecular complexity index is 1200. The molecule has 19 heteroatoms. The summed E-state index contributed by atoms with van der Waals surface area (Å²) in [5, 5.41) is 27.3. The van der Waals surface area contributed by atoms with Crippen LogP contribution in [0.3, 0.4) is 0 Å². The molecule has 1 aromatic rings. The number of oxime groups is 1. The van der Waals surface area contributed by atoms with Crippen LogP contribution in [0.15, 0.2) is 22.5 Å². The molecular formula is C16H23N9O8S2. The lowest BCUT2D eigenvalue weighted by molar-refractivity contribution is -0.161. The van der Waals surface area contributed by atoms with Crippen LogP contribution in [0, 0.1) is 0 Å². The number of hydrogen-bond donors (Lipinski definition) is 6. The first-order chi connectivity index (χ1) is 16.2. The minimum Gasteiger partial charge on any atom is -0.478 e. The first-order valence-corrected chi connectivity index (χ1v) is 12.2. The molecule has 3 atom stereocenters. The second-order valence-electron chi connectivity index (χ2n) is 7.80. The average molecular weight is 534 g/mol. The number of aliphatic carboxylic acids is 1. The zero-order valence-electron chi connectivity index (χ0n) is 18.4. The fourth-order valence-electron chi connectivity index (χ4n) is 2.93. The second-order valence-corrected chi connectivity index (χ2v) is 10.1. The van der Waals surface area contributed by atoms with Gasteiger partial charge in [0.1, 0.15) is 17.6 Å². The van der Waals surface area contributed by atoms with E-state index in [0.29, 0.717) is 5.69 Å². The van der Waals surface area contributed by atoms with E-state index >= 15 is 0 Å². The molecule has 0 aliphatic carbocycles. The Morgan fingerprint density at radius 3 is 2.63 bits per heavy atom. The Kier molecular flexibility index (Phi) is 7.36. The Morgan fingerprint density at radius 1 is 1.43 bits per heavy atom. The van der Waals surface area contributed by atoms with Gasteiger partial charge in [0.05, 0.1) is 24.1 Å². The highest BCUT2D eigenvalue weighted by Crippen LogP contribution is 2.26. The maximum absolute atomic E-state index is 13.0. The van der Waals surface area contributed by atoms with Gasteiger partial charge in [0.25, 0.3) is 11.8 Å². The highest BCUT2D eigenvalue weighted by atomic mass is 32.2. The Balaban J connectivity index is 1.86. The lowest BCUT2D eigenvalue weighted by Crippen LogP contribution is -2.73. The van der Waals surface area contributed by atoms with E-state index in [9.17, 15) is 32.5 Å². The number of hydrogen-bond acceptors (Lipinski definition) is 13. The number of rotatable bonds is 10. The highest BCUT2D eigenvalue weighted by Gasteiger charge is 2.54. The summed E-state index contributed by atoms with van der Waals surface area (Å²) in [6.07, 6.45) is 1.33. The summed E-state index contributed by atoms with van der Waals surface area (Å²) in [6.45, 7) is 2.15. The summed E-state index contributed by atoms with van der Waals surface area (Å²) in [4.78, 5) is 42.9. The molecule has 192 valence electrons. The lowest BCUT2D eigenvalue weighted by Gasteiger charge is -2.43. The quantitative estimate of drug-likeness (QED) is 0.0753. The van der Waals surface area contributed by atoms with Gasteiger partial charge in [-0.1, -0.05) is 16.9 Å². The standard InChI is InChI=1S/C16H23N9O8S2/c1-16(2,14(28)29)33-23-10(8-6-34-15(18)20-8)12(26)21-11-9(25(13(11)27)35(30,31)32)5-24-19-4-7(3-17)22-24/h4,6,9,11,15,20H,3,5,17-18H2,1-2H3,(H,21,26)(H,28,29)(H,30,31,32)/b23-10-. The molecule has 3 heterocycles. The zero-order valence-corrected chi connectivity index (χ0v) is 20.0. The van der Waals surface area contributed by atoms with Crippen LogP contribution in [0.4, 0.5) is 0 Å². The van der Waals surface area contributed by atoms with E-state index in [0.717, 1.165) is 16.6 Å². The van der Waals surface area contributed by atoms with Gasteiger partial charge in [-0.3, -0.25) is 14.1 Å². The Labute approximate surface area is 202 Å². The normalized spacial score (nSPS) is 22.8. The summed E-state index contributed by atoms with van der Waals surface area (Å²) in [6, 6.07) is -2.72. The molecule has 3 rings (SSSR count). The fraction of sp³-hybridized carbons (Fsp3) is 0.500. The van der Waals surface area contributed by atoms with Crippen molar-refractivity contribution in [3.63, 3.8) is 0 Å². The Hall–Kier alpha value is -3.26. The minimum atomic E-state index is -4.96. The number of carbonyl (C=O) groups is 3. The summed E-state index contributed by atoms with van der Waals surface area (Å²) >= 11 is 1.09. The van der Waals surface area contributed by atoms with E-state index in [4.69, 9.17) is 16.3 Å². The van der Waals surface area contributed by atoms with E-state index in [-0.39, 0.29) is 23.1 Å². The molecule has 2 amide bonds. The summed E-state index contributed by atoms with van der Waals surface area (Å²) in [5.41, 5.74) is 8.80. The van der Waals surface area contributed by atoms with Gasteiger partial charge in [0, 0.05) is 12.0 Å². The SMILES string of the molecule is CC(C)(O/N=C(\C(=O)NC1C(=O)N(S(=O)(=O)O)C1Cn1ncc(CN)n1)C1=CSC(N)N1)C(=O)O. The second kappa shape index (κ2) is 9.77. The maximum atomic E-state index is 13.0. The highest BCUT2D eigenvalue weighted by molar-refractivity contribution is 8.02. The van der Waals surface area contributed by atoms with Crippen molar-refractivity contribution in [3.05, 3.63) is 23.0 Å². The van der Waals surface area contributed by atoms with Crippen molar-refractivity contribution in [2.24, 2.45) is 16.6 Å². The van der Waals surface area contributed by atoms with Crippen molar-refractivity contribution >= 4 is 45.6 Å². The fourth-order valence-corrected chi connectivity index (χ4v) is 4.46. The van der Waals surface area contributed by atoms with Crippen LogP contribution < -0.4 is 22.1 Å². The van der Waals surface area contributed by atoms with Crippen LogP contribution in [0.25, 0.3) is 0 Å². The number of nitrogens with two attached hydrogens (primary N) is 2. The lowest BCUT2D eigenvalue weighted by atomic mass is 9.98. The van der Waals surface area contributed by atoms with Gasteiger partial charge in [-0.05, 0) is 13.8 Å².